The average molecular weight is 253 g/mol. The van der Waals surface area contributed by atoms with Gasteiger partial charge in [-0.1, -0.05) is 0 Å². The van der Waals surface area contributed by atoms with Crippen molar-refractivity contribution < 1.29 is 4.79 Å². The fourth-order valence-corrected chi connectivity index (χ4v) is 3.14. The Balaban J connectivity index is 2.01. The Kier molecular flexibility index (Phi) is 3.79. The summed E-state index contributed by atoms with van der Waals surface area (Å²) < 4.78 is 0. The second-order valence-electron chi connectivity index (χ2n) is 4.63. The summed E-state index contributed by atoms with van der Waals surface area (Å²) >= 11 is 1.49. The molecule has 0 spiro atoms. The molecule has 5 heteroatoms. The van der Waals surface area contributed by atoms with Gasteiger partial charge in [-0.3, -0.25) is 4.79 Å². The lowest BCUT2D eigenvalue weighted by atomic mass is 10.2. The van der Waals surface area contributed by atoms with Gasteiger partial charge in [-0.25, -0.2) is 4.98 Å². The molecule has 0 aromatic carbocycles. The van der Waals surface area contributed by atoms with Crippen LogP contribution in [0.4, 0.5) is 0 Å². The van der Waals surface area contributed by atoms with Crippen LogP contribution >= 0.6 is 11.3 Å². The number of aryl methyl sites for hydroxylation is 2. The van der Waals surface area contributed by atoms with Gasteiger partial charge >= 0.3 is 0 Å². The summed E-state index contributed by atoms with van der Waals surface area (Å²) in [6.07, 6.45) is 2.38. The summed E-state index contributed by atoms with van der Waals surface area (Å²) in [5.74, 6) is 0.0989. The third kappa shape index (κ3) is 2.84. The van der Waals surface area contributed by atoms with Crippen LogP contribution in [0.5, 0.6) is 0 Å². The predicted octanol–water partition coefficient (Wildman–Crippen LogP) is 1.58. The Bertz CT molecular complexity index is 410. The van der Waals surface area contributed by atoms with Gasteiger partial charge in [-0.05, 0) is 33.2 Å². The molecule has 4 nitrogen and oxygen atoms in total. The van der Waals surface area contributed by atoms with Gasteiger partial charge < -0.3 is 10.2 Å². The van der Waals surface area contributed by atoms with E-state index in [4.69, 9.17) is 0 Å². The standard InChI is InChI=1S/C12H19N3OS/c1-8-11(17-9(2)14-8)12(16)15(3)7-10-5-4-6-13-10/h10,13H,4-7H2,1-3H3. The van der Waals surface area contributed by atoms with Crippen LogP contribution in [-0.4, -0.2) is 42.0 Å². The molecule has 1 fully saturated rings. The molecule has 94 valence electrons. The Morgan fingerprint density at radius 3 is 2.88 bits per heavy atom. The number of likely N-dealkylation sites (N-methyl/N-ethyl adjacent to an activating group) is 1. The maximum atomic E-state index is 12.2. The number of carbonyl (C=O) groups excluding carboxylic acids is 1. The van der Waals surface area contributed by atoms with E-state index in [-0.39, 0.29) is 5.91 Å². The maximum absolute atomic E-state index is 12.2. The molecule has 17 heavy (non-hydrogen) atoms. The lowest BCUT2D eigenvalue weighted by Crippen LogP contribution is -2.38. The summed E-state index contributed by atoms with van der Waals surface area (Å²) in [5.41, 5.74) is 0.851. The van der Waals surface area contributed by atoms with Gasteiger partial charge in [0.1, 0.15) is 4.88 Å². The number of rotatable bonds is 3. The van der Waals surface area contributed by atoms with Gasteiger partial charge in [0.2, 0.25) is 0 Å². The summed E-state index contributed by atoms with van der Waals surface area (Å²) in [4.78, 5) is 19.1. The zero-order valence-corrected chi connectivity index (χ0v) is 11.4. The molecule has 2 heterocycles. The van der Waals surface area contributed by atoms with E-state index in [1.165, 1.54) is 24.2 Å². The molecule has 1 atom stereocenters. The fourth-order valence-electron chi connectivity index (χ4n) is 2.23. The molecule has 1 saturated heterocycles. The minimum absolute atomic E-state index is 0.0989. The highest BCUT2D eigenvalue weighted by Gasteiger charge is 2.22. The molecule has 1 aromatic heterocycles. The fraction of sp³-hybridized carbons (Fsp3) is 0.667. The van der Waals surface area contributed by atoms with E-state index in [0.29, 0.717) is 6.04 Å². The Morgan fingerprint density at radius 2 is 2.35 bits per heavy atom. The van der Waals surface area contributed by atoms with Crippen molar-refractivity contribution in [1.29, 1.82) is 0 Å². The van der Waals surface area contributed by atoms with Crippen LogP contribution < -0.4 is 5.32 Å². The lowest BCUT2D eigenvalue weighted by molar-refractivity contribution is 0.0787. The molecule has 0 aliphatic carbocycles. The highest BCUT2D eigenvalue weighted by Crippen LogP contribution is 2.19. The minimum atomic E-state index is 0.0989. The van der Waals surface area contributed by atoms with Crippen molar-refractivity contribution in [1.82, 2.24) is 15.2 Å². The zero-order chi connectivity index (χ0) is 12.4. The number of nitrogens with one attached hydrogen (secondary N) is 1. The third-order valence-corrected chi connectivity index (χ3v) is 4.16. The molecule has 1 aliphatic heterocycles. The molecule has 1 unspecified atom stereocenters. The Hall–Kier alpha value is -0.940. The van der Waals surface area contributed by atoms with Crippen LogP contribution in [0.1, 0.15) is 33.2 Å². The first-order valence-corrected chi connectivity index (χ1v) is 6.82. The third-order valence-electron chi connectivity index (χ3n) is 3.10. The van der Waals surface area contributed by atoms with Crippen molar-refractivity contribution in [3.05, 3.63) is 15.6 Å². The molecule has 1 N–H and O–H groups in total. The van der Waals surface area contributed by atoms with E-state index in [1.54, 1.807) is 0 Å². The van der Waals surface area contributed by atoms with E-state index in [1.807, 2.05) is 25.8 Å². The Labute approximate surface area is 106 Å². The van der Waals surface area contributed by atoms with Crippen LogP contribution in [0.25, 0.3) is 0 Å². The second-order valence-corrected chi connectivity index (χ2v) is 5.83. The first kappa shape index (κ1) is 12.5. The summed E-state index contributed by atoms with van der Waals surface area (Å²) in [6, 6.07) is 0.457. The molecule has 1 aromatic rings. The molecule has 0 radical (unpaired) electrons. The number of amides is 1. The van der Waals surface area contributed by atoms with Gasteiger partial charge in [-0.2, -0.15) is 0 Å². The van der Waals surface area contributed by atoms with Crippen molar-refractivity contribution in [3.63, 3.8) is 0 Å². The topological polar surface area (TPSA) is 45.2 Å². The first-order valence-electron chi connectivity index (χ1n) is 6.01. The SMILES string of the molecule is Cc1nc(C)c(C(=O)N(C)CC2CCCN2)s1. The van der Waals surface area contributed by atoms with E-state index in [9.17, 15) is 4.79 Å². The second kappa shape index (κ2) is 5.14. The molecule has 1 amide bonds. The number of hydrogen-bond donors (Lipinski definition) is 1. The number of nitrogens with zero attached hydrogens (tertiary/aromatic N) is 2. The number of carbonyl (C=O) groups is 1. The van der Waals surface area contributed by atoms with Crippen molar-refractivity contribution in [2.45, 2.75) is 32.7 Å². The smallest absolute Gasteiger partial charge is 0.265 e. The van der Waals surface area contributed by atoms with Crippen LogP contribution in [0.15, 0.2) is 0 Å². The van der Waals surface area contributed by atoms with Gasteiger partial charge in [0.15, 0.2) is 0 Å². The van der Waals surface area contributed by atoms with E-state index >= 15 is 0 Å². The Morgan fingerprint density at radius 1 is 1.59 bits per heavy atom. The number of thiazole rings is 1. The predicted molar refractivity (Wildman–Crippen MR) is 69.6 cm³/mol. The molecule has 0 saturated carbocycles. The molecule has 2 rings (SSSR count). The quantitative estimate of drug-likeness (QED) is 0.889. The minimum Gasteiger partial charge on any atom is -0.339 e. The van der Waals surface area contributed by atoms with Gasteiger partial charge in [0.05, 0.1) is 10.7 Å². The van der Waals surface area contributed by atoms with Crippen LogP contribution in [0.3, 0.4) is 0 Å². The van der Waals surface area contributed by atoms with Crippen molar-refractivity contribution in [2.75, 3.05) is 20.1 Å². The first-order chi connectivity index (χ1) is 8.08. The molecular formula is C12H19N3OS. The highest BCUT2D eigenvalue weighted by molar-refractivity contribution is 7.13. The average Bonchev–Trinajstić information content (AvgIpc) is 2.87. The van der Waals surface area contributed by atoms with Crippen molar-refractivity contribution >= 4 is 17.2 Å². The summed E-state index contributed by atoms with van der Waals surface area (Å²) in [5, 5.41) is 4.36. The van der Waals surface area contributed by atoms with E-state index in [0.717, 1.165) is 28.7 Å². The monoisotopic (exact) mass is 253 g/mol. The molecule has 1 aliphatic rings. The van der Waals surface area contributed by atoms with E-state index in [2.05, 4.69) is 10.3 Å². The van der Waals surface area contributed by atoms with Gasteiger partial charge in [0, 0.05) is 19.6 Å². The normalized spacial score (nSPS) is 19.6. The van der Waals surface area contributed by atoms with Gasteiger partial charge in [0.25, 0.3) is 5.91 Å². The largest absolute Gasteiger partial charge is 0.339 e. The van der Waals surface area contributed by atoms with Gasteiger partial charge in [-0.15, -0.1) is 11.3 Å². The molecule has 0 bridgehead atoms. The van der Waals surface area contributed by atoms with Crippen LogP contribution in [-0.2, 0) is 0 Å². The maximum Gasteiger partial charge on any atom is 0.265 e. The summed E-state index contributed by atoms with van der Waals surface area (Å²) in [6.45, 7) is 5.70. The molecular weight excluding hydrogens is 234 g/mol. The number of hydrogen-bond acceptors (Lipinski definition) is 4. The lowest BCUT2D eigenvalue weighted by Gasteiger charge is -2.20. The van der Waals surface area contributed by atoms with Crippen molar-refractivity contribution in [2.24, 2.45) is 0 Å². The van der Waals surface area contributed by atoms with Crippen LogP contribution in [0.2, 0.25) is 0 Å². The van der Waals surface area contributed by atoms with Crippen LogP contribution in [0, 0.1) is 13.8 Å². The highest BCUT2D eigenvalue weighted by atomic mass is 32.1. The zero-order valence-electron chi connectivity index (χ0n) is 10.6. The van der Waals surface area contributed by atoms with E-state index < -0.39 is 0 Å². The van der Waals surface area contributed by atoms with Crippen molar-refractivity contribution in [3.8, 4) is 0 Å². The summed E-state index contributed by atoms with van der Waals surface area (Å²) in [7, 11) is 1.87. The number of aromatic nitrogens is 1.